The number of halogens is 3. The Morgan fingerprint density at radius 1 is 1.07 bits per heavy atom. The Morgan fingerprint density at radius 2 is 1.86 bits per heavy atom. The average molecular weight is 584 g/mol. The molecule has 3 heterocycles. The van der Waals surface area contributed by atoms with E-state index in [1.165, 1.54) is 17.1 Å². The topological polar surface area (TPSA) is 74.3 Å². The van der Waals surface area contributed by atoms with Gasteiger partial charge in [-0.1, -0.05) is 52.8 Å². The molecule has 0 unspecified atom stereocenters. The number of carbonyl (C=O) groups is 1. The molecule has 0 fully saturated rings. The van der Waals surface area contributed by atoms with Gasteiger partial charge in [0.2, 0.25) is 0 Å². The van der Waals surface area contributed by atoms with Crippen LogP contribution in [-0.4, -0.2) is 43.1 Å². The van der Waals surface area contributed by atoms with Crippen LogP contribution in [-0.2, 0) is 30.3 Å². The highest BCUT2D eigenvalue weighted by molar-refractivity contribution is 5.97. The first kappa shape index (κ1) is 31.4. The van der Waals surface area contributed by atoms with Crippen molar-refractivity contribution in [2.75, 3.05) is 13.2 Å². The van der Waals surface area contributed by atoms with Gasteiger partial charge < -0.3 is 4.74 Å². The lowest BCUT2D eigenvalue weighted by Crippen LogP contribution is -2.12. The van der Waals surface area contributed by atoms with E-state index in [1.54, 1.807) is 16.8 Å². The molecular formula is C32H40F3N5O2. The second kappa shape index (κ2) is 13.2. The van der Waals surface area contributed by atoms with E-state index in [9.17, 15) is 18.0 Å². The van der Waals surface area contributed by atoms with Crippen LogP contribution in [0.5, 0.6) is 0 Å². The van der Waals surface area contributed by atoms with Crippen LogP contribution in [0.25, 0.3) is 16.9 Å². The van der Waals surface area contributed by atoms with Gasteiger partial charge in [0.05, 0.1) is 23.1 Å². The van der Waals surface area contributed by atoms with Gasteiger partial charge >= 0.3 is 6.18 Å². The Balaban J connectivity index is 1.59. The predicted molar refractivity (Wildman–Crippen MR) is 157 cm³/mol. The third-order valence-electron chi connectivity index (χ3n) is 7.16. The molecule has 0 saturated heterocycles. The Labute approximate surface area is 245 Å². The Kier molecular flexibility index (Phi) is 9.86. The first-order valence-corrected chi connectivity index (χ1v) is 14.6. The minimum atomic E-state index is -4.61. The number of aromatic nitrogens is 5. The van der Waals surface area contributed by atoms with Gasteiger partial charge in [-0.15, -0.1) is 0 Å². The van der Waals surface area contributed by atoms with Gasteiger partial charge in [-0.2, -0.15) is 18.3 Å². The van der Waals surface area contributed by atoms with Gasteiger partial charge in [-0.25, -0.2) is 4.98 Å². The van der Waals surface area contributed by atoms with Crippen molar-refractivity contribution in [2.24, 2.45) is 5.41 Å². The third-order valence-corrected chi connectivity index (χ3v) is 7.16. The second-order valence-corrected chi connectivity index (χ2v) is 11.8. The summed E-state index contributed by atoms with van der Waals surface area (Å²) >= 11 is 0. The number of rotatable bonds is 13. The van der Waals surface area contributed by atoms with Gasteiger partial charge in [-0.05, 0) is 42.2 Å². The van der Waals surface area contributed by atoms with Gasteiger partial charge in [-0.3, -0.25) is 18.9 Å². The summed E-state index contributed by atoms with van der Waals surface area (Å²) in [5, 5.41) is 3.91. The highest BCUT2D eigenvalue weighted by Crippen LogP contribution is 2.37. The van der Waals surface area contributed by atoms with Crippen LogP contribution >= 0.6 is 0 Å². The highest BCUT2D eigenvalue weighted by Gasteiger charge is 2.38. The average Bonchev–Trinajstić information content (AvgIpc) is 3.56. The van der Waals surface area contributed by atoms with Crippen molar-refractivity contribution in [3.63, 3.8) is 0 Å². The van der Waals surface area contributed by atoms with Crippen molar-refractivity contribution in [2.45, 2.75) is 85.9 Å². The molecule has 10 heteroatoms. The van der Waals surface area contributed by atoms with Crippen LogP contribution in [0, 0.1) is 5.41 Å². The third kappa shape index (κ3) is 7.65. The van der Waals surface area contributed by atoms with Gasteiger partial charge in [0, 0.05) is 56.8 Å². The largest absolute Gasteiger partial charge is 0.435 e. The zero-order valence-corrected chi connectivity index (χ0v) is 25.1. The van der Waals surface area contributed by atoms with Crippen molar-refractivity contribution in [1.82, 2.24) is 24.1 Å². The van der Waals surface area contributed by atoms with Gasteiger partial charge in [0.1, 0.15) is 0 Å². The van der Waals surface area contributed by atoms with Crippen LogP contribution in [0.1, 0.15) is 93.2 Å². The predicted octanol–water partition coefficient (Wildman–Crippen LogP) is 7.59. The Hall–Kier alpha value is -3.53. The first-order chi connectivity index (χ1) is 19.9. The summed E-state index contributed by atoms with van der Waals surface area (Å²) in [6, 6.07) is 5.79. The van der Waals surface area contributed by atoms with E-state index in [-0.39, 0.29) is 16.8 Å². The molecule has 1 aromatic carbocycles. The summed E-state index contributed by atoms with van der Waals surface area (Å²) in [5.74, 6) is 0.0974. The fourth-order valence-corrected chi connectivity index (χ4v) is 4.91. The summed E-state index contributed by atoms with van der Waals surface area (Å²) in [4.78, 5) is 21.9. The minimum absolute atomic E-state index is 0.0164. The van der Waals surface area contributed by atoms with Crippen LogP contribution in [0.2, 0.25) is 0 Å². The minimum Gasteiger partial charge on any atom is -0.381 e. The second-order valence-electron chi connectivity index (χ2n) is 11.8. The van der Waals surface area contributed by atoms with Crippen molar-refractivity contribution in [3.8, 4) is 11.3 Å². The number of aryl methyl sites for hydroxylation is 2. The number of carbonyl (C=O) groups excluding carboxylic acids is 1. The number of hydrogen-bond donors (Lipinski definition) is 0. The number of hydrogen-bond acceptors (Lipinski definition) is 5. The maximum absolute atomic E-state index is 14.0. The molecule has 0 aliphatic heterocycles. The fraction of sp³-hybridized carbons (Fsp3) is 0.500. The lowest BCUT2D eigenvalue weighted by molar-refractivity contribution is -0.141. The molecule has 3 aromatic heterocycles. The molecule has 0 aliphatic rings. The molecule has 4 rings (SSSR count). The van der Waals surface area contributed by atoms with Crippen LogP contribution in [0.3, 0.4) is 0 Å². The molecule has 0 spiro atoms. The highest BCUT2D eigenvalue weighted by atomic mass is 19.4. The lowest BCUT2D eigenvalue weighted by Gasteiger charge is -2.17. The normalized spacial score (nSPS) is 12.4. The maximum Gasteiger partial charge on any atom is 0.435 e. The van der Waals surface area contributed by atoms with E-state index in [0.717, 1.165) is 17.5 Å². The fourth-order valence-electron chi connectivity index (χ4n) is 4.91. The molecule has 0 bridgehead atoms. The number of fused-ring (bicyclic) bond motifs is 1. The monoisotopic (exact) mass is 583 g/mol. The Bertz CT molecular complexity index is 1510. The maximum atomic E-state index is 14.0. The van der Waals surface area contributed by atoms with Crippen LogP contribution in [0.4, 0.5) is 13.2 Å². The van der Waals surface area contributed by atoms with Crippen molar-refractivity contribution < 1.29 is 22.7 Å². The van der Waals surface area contributed by atoms with E-state index in [4.69, 9.17) is 4.74 Å². The smallest absolute Gasteiger partial charge is 0.381 e. The molecule has 226 valence electrons. The molecule has 0 saturated carbocycles. The number of alkyl halides is 3. The van der Waals surface area contributed by atoms with Gasteiger partial charge in [0.15, 0.2) is 17.1 Å². The quantitative estimate of drug-likeness (QED) is 0.120. The van der Waals surface area contributed by atoms with Crippen LogP contribution < -0.4 is 0 Å². The molecule has 0 atom stereocenters. The molecule has 0 N–H and O–H groups in total. The molecule has 7 nitrogen and oxygen atoms in total. The number of ether oxygens (including phenoxy) is 1. The van der Waals surface area contributed by atoms with E-state index >= 15 is 0 Å². The summed E-state index contributed by atoms with van der Waals surface area (Å²) in [7, 11) is 0. The van der Waals surface area contributed by atoms with E-state index in [1.807, 2.05) is 45.9 Å². The van der Waals surface area contributed by atoms with E-state index in [0.29, 0.717) is 74.5 Å². The lowest BCUT2D eigenvalue weighted by atomic mass is 9.92. The number of nitrogens with zero attached hydrogens (tertiary/aromatic N) is 5. The van der Waals surface area contributed by atoms with Crippen molar-refractivity contribution in [3.05, 3.63) is 71.1 Å². The number of Topliss-reactive ketones (excluding diaryl/α,β-unsaturated/α-hetero) is 1. The SMILES string of the molecule is CCCOCCCC(=O)c1ccc(Cc2nccn3c(-c4cn(CCC(C)(C)C)nc4C(F)(F)F)cnc23)cc1CC. The van der Waals surface area contributed by atoms with Gasteiger partial charge in [0.25, 0.3) is 0 Å². The number of ketones is 1. The van der Waals surface area contributed by atoms with Crippen molar-refractivity contribution >= 4 is 11.4 Å². The molecular weight excluding hydrogens is 543 g/mol. The zero-order chi connectivity index (χ0) is 30.5. The molecule has 4 aromatic rings. The summed E-state index contributed by atoms with van der Waals surface area (Å²) in [6.45, 7) is 11.8. The summed E-state index contributed by atoms with van der Waals surface area (Å²) in [5.41, 5.74) is 3.06. The molecule has 0 aliphatic carbocycles. The summed E-state index contributed by atoms with van der Waals surface area (Å²) < 4.78 is 50.6. The number of benzene rings is 1. The Morgan fingerprint density at radius 3 is 2.55 bits per heavy atom. The molecule has 0 radical (unpaired) electrons. The molecule has 0 amide bonds. The number of imidazole rings is 1. The first-order valence-electron chi connectivity index (χ1n) is 14.6. The van der Waals surface area contributed by atoms with Crippen molar-refractivity contribution in [1.29, 1.82) is 0 Å². The zero-order valence-electron chi connectivity index (χ0n) is 25.1. The summed E-state index contributed by atoms with van der Waals surface area (Å²) in [6.07, 6.45) is 5.36. The van der Waals surface area contributed by atoms with E-state index < -0.39 is 11.9 Å². The standard InChI is InChI=1S/C32H40F3N5O2/c1-6-16-42-17-8-9-28(41)24-11-10-22(18-23(24)7-2)19-26-30-37-20-27(40(30)15-13-36-26)25-21-39(14-12-31(3,4)5)38-29(25)32(33,34)35/h10-11,13,15,18,20-21H,6-9,12,14,16-17,19H2,1-5H3. The van der Waals surface area contributed by atoms with Crippen LogP contribution in [0.15, 0.2) is 43.0 Å². The van der Waals surface area contributed by atoms with E-state index in [2.05, 4.69) is 22.0 Å². The molecule has 42 heavy (non-hydrogen) atoms.